The molecule has 1 aromatic heterocycles. The molecule has 0 bridgehead atoms. The van der Waals surface area contributed by atoms with Crippen molar-refractivity contribution < 1.29 is 14.3 Å². The minimum atomic E-state index is -0.265. The van der Waals surface area contributed by atoms with Crippen LogP contribution in [-0.4, -0.2) is 73.3 Å². The number of methoxy groups -OCH3 is 2. The Balaban J connectivity index is 1.56. The molecule has 2 heterocycles. The number of nitrogen functional groups attached to an aromatic ring is 1. The lowest BCUT2D eigenvalue weighted by Crippen LogP contribution is -2.55. The SMILES string of the molecule is COc1cc(N)c(Cl)cc1C(=O)N[C@@H]1CCN(CCNc2nccnc2C)C[C@@H]1OC. The molecule has 0 spiro atoms. The van der Waals surface area contributed by atoms with Crippen LogP contribution in [0.3, 0.4) is 0 Å². The van der Waals surface area contributed by atoms with Crippen LogP contribution in [-0.2, 0) is 4.74 Å². The topological polar surface area (TPSA) is 115 Å². The highest BCUT2D eigenvalue weighted by Crippen LogP contribution is 2.29. The second kappa shape index (κ2) is 10.6. The van der Waals surface area contributed by atoms with E-state index in [-0.39, 0.29) is 18.1 Å². The standard InChI is InChI=1S/C21H29ClN6O3/c1-13-20(25-6-5-24-13)26-7-9-28-8-4-17(19(12-28)31-3)27-21(29)14-10-15(22)16(23)11-18(14)30-2/h5-6,10-11,17,19H,4,7-9,12,23H2,1-3H3,(H,25,26)(H,27,29)/t17-,19+/m1/s1. The zero-order valence-electron chi connectivity index (χ0n) is 18.0. The van der Waals surface area contributed by atoms with Gasteiger partial charge < -0.3 is 25.8 Å². The molecular formula is C21H29ClN6O3. The molecule has 9 nitrogen and oxygen atoms in total. The monoisotopic (exact) mass is 448 g/mol. The quantitative estimate of drug-likeness (QED) is 0.525. The summed E-state index contributed by atoms with van der Waals surface area (Å²) in [5.74, 6) is 0.916. The number of hydrogen-bond donors (Lipinski definition) is 3. The van der Waals surface area contributed by atoms with Gasteiger partial charge in [-0.2, -0.15) is 0 Å². The van der Waals surface area contributed by atoms with Crippen molar-refractivity contribution in [3.63, 3.8) is 0 Å². The molecule has 1 aromatic carbocycles. The fourth-order valence-electron chi connectivity index (χ4n) is 3.66. The minimum Gasteiger partial charge on any atom is -0.496 e. The molecule has 4 N–H and O–H groups in total. The summed E-state index contributed by atoms with van der Waals surface area (Å²) in [6.45, 7) is 5.05. The highest BCUT2D eigenvalue weighted by Gasteiger charge is 2.31. The number of anilines is 2. The van der Waals surface area contributed by atoms with E-state index in [1.54, 1.807) is 25.6 Å². The second-order valence-corrected chi connectivity index (χ2v) is 7.84. The predicted molar refractivity (Wildman–Crippen MR) is 121 cm³/mol. The van der Waals surface area contributed by atoms with Crippen molar-refractivity contribution in [2.24, 2.45) is 0 Å². The average Bonchev–Trinajstić information content (AvgIpc) is 2.77. The van der Waals surface area contributed by atoms with Crippen molar-refractivity contribution >= 4 is 29.0 Å². The number of carbonyl (C=O) groups excluding carboxylic acids is 1. The number of aryl methyl sites for hydroxylation is 1. The van der Waals surface area contributed by atoms with E-state index in [0.29, 0.717) is 28.6 Å². The third kappa shape index (κ3) is 5.75. The summed E-state index contributed by atoms with van der Waals surface area (Å²) in [5.41, 5.74) is 7.40. The highest BCUT2D eigenvalue weighted by molar-refractivity contribution is 6.33. The number of nitrogens with two attached hydrogens (primary N) is 1. The number of rotatable bonds is 8. The Kier molecular flexibility index (Phi) is 7.89. The van der Waals surface area contributed by atoms with Crippen LogP contribution in [0.1, 0.15) is 22.5 Å². The summed E-state index contributed by atoms with van der Waals surface area (Å²) in [7, 11) is 3.15. The molecule has 0 unspecified atom stereocenters. The molecule has 10 heteroatoms. The normalized spacial score (nSPS) is 19.1. The van der Waals surface area contributed by atoms with E-state index in [4.69, 9.17) is 26.8 Å². The van der Waals surface area contributed by atoms with Gasteiger partial charge in [0, 0.05) is 51.7 Å². The number of piperidine rings is 1. The van der Waals surface area contributed by atoms with E-state index in [1.165, 1.54) is 13.2 Å². The van der Waals surface area contributed by atoms with Crippen LogP contribution in [0.5, 0.6) is 5.75 Å². The first-order valence-corrected chi connectivity index (χ1v) is 10.5. The number of ether oxygens (including phenoxy) is 2. The number of amides is 1. The first-order chi connectivity index (χ1) is 14.9. The largest absolute Gasteiger partial charge is 0.496 e. The van der Waals surface area contributed by atoms with E-state index in [0.717, 1.165) is 37.6 Å². The van der Waals surface area contributed by atoms with Crippen LogP contribution in [0.25, 0.3) is 0 Å². The smallest absolute Gasteiger partial charge is 0.255 e. The van der Waals surface area contributed by atoms with Crippen LogP contribution in [0, 0.1) is 6.92 Å². The maximum absolute atomic E-state index is 12.9. The minimum absolute atomic E-state index is 0.120. The third-order valence-corrected chi connectivity index (χ3v) is 5.75. The van der Waals surface area contributed by atoms with Gasteiger partial charge in [-0.3, -0.25) is 14.7 Å². The van der Waals surface area contributed by atoms with Gasteiger partial charge in [-0.1, -0.05) is 11.6 Å². The molecule has 3 rings (SSSR count). The van der Waals surface area contributed by atoms with Crippen molar-refractivity contribution in [3.05, 3.63) is 40.8 Å². The van der Waals surface area contributed by atoms with Crippen molar-refractivity contribution in [3.8, 4) is 5.75 Å². The maximum Gasteiger partial charge on any atom is 0.255 e. The number of nitrogens with one attached hydrogen (secondary N) is 2. The van der Waals surface area contributed by atoms with Gasteiger partial charge in [0.15, 0.2) is 0 Å². The molecule has 1 amide bonds. The molecular weight excluding hydrogens is 420 g/mol. The van der Waals surface area contributed by atoms with Crippen molar-refractivity contribution in [2.45, 2.75) is 25.5 Å². The number of benzene rings is 1. The van der Waals surface area contributed by atoms with Gasteiger partial charge in [-0.05, 0) is 19.4 Å². The van der Waals surface area contributed by atoms with Gasteiger partial charge in [0.05, 0.1) is 41.2 Å². The summed E-state index contributed by atoms with van der Waals surface area (Å²) < 4.78 is 11.0. The van der Waals surface area contributed by atoms with E-state index in [1.807, 2.05) is 6.92 Å². The first-order valence-electron chi connectivity index (χ1n) is 10.1. The number of nitrogens with zero attached hydrogens (tertiary/aromatic N) is 3. The average molecular weight is 449 g/mol. The first kappa shape index (κ1) is 23.1. The Hall–Kier alpha value is -2.62. The van der Waals surface area contributed by atoms with Gasteiger partial charge >= 0.3 is 0 Å². The van der Waals surface area contributed by atoms with E-state index < -0.39 is 0 Å². The van der Waals surface area contributed by atoms with Gasteiger partial charge in [0.25, 0.3) is 5.91 Å². The lowest BCUT2D eigenvalue weighted by atomic mass is 10.0. The summed E-state index contributed by atoms with van der Waals surface area (Å²) in [5, 5.41) is 6.70. The lowest BCUT2D eigenvalue weighted by molar-refractivity contribution is 0.00762. The van der Waals surface area contributed by atoms with Crippen molar-refractivity contribution in [1.82, 2.24) is 20.2 Å². The number of halogens is 1. The van der Waals surface area contributed by atoms with Gasteiger partial charge in [0.2, 0.25) is 0 Å². The molecule has 0 saturated carbocycles. The molecule has 1 fully saturated rings. The Labute approximate surface area is 187 Å². The fraction of sp³-hybridized carbons (Fsp3) is 0.476. The molecule has 1 saturated heterocycles. The molecule has 0 radical (unpaired) electrons. The Morgan fingerprint density at radius 2 is 2.10 bits per heavy atom. The van der Waals surface area contributed by atoms with Crippen LogP contribution in [0.2, 0.25) is 5.02 Å². The third-order valence-electron chi connectivity index (χ3n) is 5.43. The van der Waals surface area contributed by atoms with E-state index in [9.17, 15) is 4.79 Å². The maximum atomic E-state index is 12.9. The van der Waals surface area contributed by atoms with E-state index >= 15 is 0 Å². The second-order valence-electron chi connectivity index (χ2n) is 7.43. The summed E-state index contributed by atoms with van der Waals surface area (Å²) in [6.07, 6.45) is 3.98. The van der Waals surface area contributed by atoms with Crippen molar-refractivity contribution in [2.75, 3.05) is 51.4 Å². The molecule has 0 aliphatic carbocycles. The number of hydrogen-bond acceptors (Lipinski definition) is 8. The van der Waals surface area contributed by atoms with Gasteiger partial charge in [-0.15, -0.1) is 0 Å². The fourth-order valence-corrected chi connectivity index (χ4v) is 3.83. The lowest BCUT2D eigenvalue weighted by Gasteiger charge is -2.38. The van der Waals surface area contributed by atoms with Gasteiger partial charge in [0.1, 0.15) is 11.6 Å². The summed E-state index contributed by atoms with van der Waals surface area (Å²) >= 11 is 6.10. The molecule has 2 atom stereocenters. The molecule has 1 aliphatic rings. The van der Waals surface area contributed by atoms with Crippen LogP contribution in [0.4, 0.5) is 11.5 Å². The van der Waals surface area contributed by atoms with Gasteiger partial charge in [-0.25, -0.2) is 4.98 Å². The number of carbonyl (C=O) groups is 1. The van der Waals surface area contributed by atoms with Crippen LogP contribution < -0.4 is 21.1 Å². The van der Waals surface area contributed by atoms with Crippen molar-refractivity contribution in [1.29, 1.82) is 0 Å². The highest BCUT2D eigenvalue weighted by atomic mass is 35.5. The predicted octanol–water partition coefficient (Wildman–Crippen LogP) is 1.96. The Bertz CT molecular complexity index is 913. The van der Waals surface area contributed by atoms with E-state index in [2.05, 4.69) is 25.5 Å². The molecule has 168 valence electrons. The summed E-state index contributed by atoms with van der Waals surface area (Å²) in [6, 6.07) is 2.96. The van der Waals surface area contributed by atoms with Crippen LogP contribution >= 0.6 is 11.6 Å². The zero-order valence-corrected chi connectivity index (χ0v) is 18.8. The summed E-state index contributed by atoms with van der Waals surface area (Å²) in [4.78, 5) is 23.7. The number of aromatic nitrogens is 2. The molecule has 31 heavy (non-hydrogen) atoms. The zero-order chi connectivity index (χ0) is 22.4. The molecule has 1 aliphatic heterocycles. The van der Waals surface area contributed by atoms with Crippen LogP contribution in [0.15, 0.2) is 24.5 Å². The Morgan fingerprint density at radius 1 is 1.32 bits per heavy atom. The Morgan fingerprint density at radius 3 is 2.81 bits per heavy atom. The molecule has 2 aromatic rings. The number of likely N-dealkylation sites (tertiary alicyclic amines) is 1.